The van der Waals surface area contributed by atoms with Crippen LogP contribution in [0.2, 0.25) is 0 Å². The van der Waals surface area contributed by atoms with Crippen LogP contribution in [0.15, 0.2) is 12.1 Å². The molecular formula is C16H21N3O. The second-order valence-corrected chi connectivity index (χ2v) is 6.49. The SMILES string of the molecule is Nc1cc2c(cc1NC(C1CC1)C1CC1)NC(=O)CC2. The van der Waals surface area contributed by atoms with E-state index in [-0.39, 0.29) is 5.91 Å². The first-order chi connectivity index (χ1) is 9.70. The van der Waals surface area contributed by atoms with Crippen molar-refractivity contribution in [1.29, 1.82) is 0 Å². The van der Waals surface area contributed by atoms with E-state index in [1.165, 1.54) is 25.7 Å². The van der Waals surface area contributed by atoms with E-state index >= 15 is 0 Å². The smallest absolute Gasteiger partial charge is 0.224 e. The largest absolute Gasteiger partial charge is 0.397 e. The monoisotopic (exact) mass is 271 g/mol. The fraction of sp³-hybridized carbons (Fsp3) is 0.562. The molecule has 4 nitrogen and oxygen atoms in total. The molecule has 0 radical (unpaired) electrons. The van der Waals surface area contributed by atoms with Gasteiger partial charge in [-0.3, -0.25) is 4.79 Å². The average molecular weight is 271 g/mol. The van der Waals surface area contributed by atoms with Gasteiger partial charge in [-0.15, -0.1) is 0 Å². The van der Waals surface area contributed by atoms with Gasteiger partial charge < -0.3 is 16.4 Å². The number of aryl methyl sites for hydroxylation is 1. The van der Waals surface area contributed by atoms with Crippen molar-refractivity contribution in [3.63, 3.8) is 0 Å². The van der Waals surface area contributed by atoms with Gasteiger partial charge in [0.2, 0.25) is 5.91 Å². The lowest BCUT2D eigenvalue weighted by Crippen LogP contribution is -2.25. The van der Waals surface area contributed by atoms with Crippen molar-refractivity contribution in [2.45, 2.75) is 44.6 Å². The highest BCUT2D eigenvalue weighted by Gasteiger charge is 2.41. The molecule has 0 spiro atoms. The highest BCUT2D eigenvalue weighted by Crippen LogP contribution is 2.46. The molecule has 0 atom stereocenters. The van der Waals surface area contributed by atoms with E-state index in [0.717, 1.165) is 40.9 Å². The van der Waals surface area contributed by atoms with Crippen LogP contribution in [0.25, 0.3) is 0 Å². The van der Waals surface area contributed by atoms with Crippen molar-refractivity contribution >= 4 is 23.0 Å². The lowest BCUT2D eigenvalue weighted by molar-refractivity contribution is -0.116. The summed E-state index contributed by atoms with van der Waals surface area (Å²) in [6.45, 7) is 0. The van der Waals surface area contributed by atoms with Gasteiger partial charge in [-0.1, -0.05) is 0 Å². The number of rotatable bonds is 4. The number of anilines is 3. The van der Waals surface area contributed by atoms with E-state index < -0.39 is 0 Å². The molecule has 2 fully saturated rings. The minimum atomic E-state index is 0.106. The Morgan fingerprint density at radius 2 is 1.85 bits per heavy atom. The Labute approximate surface area is 119 Å². The molecule has 0 saturated heterocycles. The molecule has 1 aromatic rings. The lowest BCUT2D eigenvalue weighted by atomic mass is 10.0. The van der Waals surface area contributed by atoms with E-state index in [1.54, 1.807) is 0 Å². The molecule has 0 unspecified atom stereocenters. The molecule has 4 N–H and O–H groups in total. The van der Waals surface area contributed by atoms with Gasteiger partial charge >= 0.3 is 0 Å². The van der Waals surface area contributed by atoms with Crippen LogP contribution in [0, 0.1) is 11.8 Å². The topological polar surface area (TPSA) is 67.2 Å². The summed E-state index contributed by atoms with van der Waals surface area (Å²) in [6, 6.07) is 4.63. The average Bonchev–Trinajstić information content (AvgIpc) is 3.28. The summed E-state index contributed by atoms with van der Waals surface area (Å²) in [4.78, 5) is 11.5. The Balaban J connectivity index is 1.60. The molecule has 2 aliphatic carbocycles. The summed E-state index contributed by atoms with van der Waals surface area (Å²) in [7, 11) is 0. The van der Waals surface area contributed by atoms with Crippen LogP contribution in [0.5, 0.6) is 0 Å². The summed E-state index contributed by atoms with van der Waals surface area (Å²) < 4.78 is 0. The molecule has 1 aromatic carbocycles. The Morgan fingerprint density at radius 3 is 2.50 bits per heavy atom. The fourth-order valence-corrected chi connectivity index (χ4v) is 3.28. The summed E-state index contributed by atoms with van der Waals surface area (Å²) in [5.41, 5.74) is 10.1. The molecule has 4 heteroatoms. The summed E-state index contributed by atoms with van der Waals surface area (Å²) in [5, 5.41) is 6.62. The molecule has 0 bridgehead atoms. The van der Waals surface area contributed by atoms with E-state index in [0.29, 0.717) is 12.5 Å². The molecule has 106 valence electrons. The summed E-state index contributed by atoms with van der Waals surface area (Å²) in [5.74, 6) is 1.76. The normalized spacial score (nSPS) is 21.6. The van der Waals surface area contributed by atoms with Crippen LogP contribution in [-0.4, -0.2) is 11.9 Å². The van der Waals surface area contributed by atoms with Gasteiger partial charge in [-0.05, 0) is 61.6 Å². The third-order valence-electron chi connectivity index (χ3n) is 4.75. The quantitative estimate of drug-likeness (QED) is 0.738. The molecule has 1 amide bonds. The van der Waals surface area contributed by atoms with Crippen LogP contribution >= 0.6 is 0 Å². The van der Waals surface area contributed by atoms with Crippen LogP contribution in [-0.2, 0) is 11.2 Å². The Morgan fingerprint density at radius 1 is 1.15 bits per heavy atom. The number of carbonyl (C=O) groups is 1. The number of carbonyl (C=O) groups excluding carboxylic acids is 1. The molecule has 2 saturated carbocycles. The molecule has 1 aliphatic heterocycles. The molecule has 0 aromatic heterocycles. The molecule has 3 aliphatic rings. The molecular weight excluding hydrogens is 250 g/mol. The molecule has 20 heavy (non-hydrogen) atoms. The third kappa shape index (κ3) is 2.23. The molecule has 4 rings (SSSR count). The van der Waals surface area contributed by atoms with Crippen LogP contribution in [0.1, 0.15) is 37.7 Å². The first-order valence-electron chi connectivity index (χ1n) is 7.69. The maximum absolute atomic E-state index is 11.5. The number of benzene rings is 1. The van der Waals surface area contributed by atoms with E-state index in [2.05, 4.69) is 10.6 Å². The van der Waals surface area contributed by atoms with Crippen molar-refractivity contribution in [3.05, 3.63) is 17.7 Å². The van der Waals surface area contributed by atoms with Crippen molar-refractivity contribution in [3.8, 4) is 0 Å². The second-order valence-electron chi connectivity index (χ2n) is 6.49. The minimum Gasteiger partial charge on any atom is -0.397 e. The maximum Gasteiger partial charge on any atom is 0.224 e. The van der Waals surface area contributed by atoms with Gasteiger partial charge in [-0.2, -0.15) is 0 Å². The Kier molecular flexibility index (Phi) is 2.65. The number of amides is 1. The predicted octanol–water partition coefficient (Wildman–Crippen LogP) is 2.75. The second kappa shape index (κ2) is 4.40. The zero-order chi connectivity index (χ0) is 13.7. The number of fused-ring (bicyclic) bond motifs is 1. The van der Waals surface area contributed by atoms with E-state index in [1.807, 2.05) is 12.1 Å². The predicted molar refractivity (Wildman–Crippen MR) is 80.7 cm³/mol. The highest BCUT2D eigenvalue weighted by molar-refractivity contribution is 5.95. The van der Waals surface area contributed by atoms with Gasteiger partial charge in [0.05, 0.1) is 11.4 Å². The summed E-state index contributed by atoms with van der Waals surface area (Å²) >= 11 is 0. The standard InChI is InChI=1S/C16H21N3O/c17-12-7-11-5-6-15(20)18-13(11)8-14(12)19-16(9-1-2-9)10-3-4-10/h7-10,16,19H,1-6,17H2,(H,18,20). The maximum atomic E-state index is 11.5. The van der Waals surface area contributed by atoms with Crippen molar-refractivity contribution < 1.29 is 4.79 Å². The van der Waals surface area contributed by atoms with Crippen LogP contribution in [0.4, 0.5) is 17.1 Å². The zero-order valence-electron chi connectivity index (χ0n) is 11.6. The van der Waals surface area contributed by atoms with E-state index in [9.17, 15) is 4.79 Å². The Hall–Kier alpha value is -1.71. The fourth-order valence-electron chi connectivity index (χ4n) is 3.28. The Bertz CT molecular complexity index is 549. The first kappa shape index (κ1) is 12.1. The number of nitrogens with one attached hydrogen (secondary N) is 2. The van der Waals surface area contributed by atoms with Crippen molar-refractivity contribution in [1.82, 2.24) is 0 Å². The minimum absolute atomic E-state index is 0.106. The number of hydrogen-bond donors (Lipinski definition) is 3. The number of hydrogen-bond acceptors (Lipinski definition) is 3. The zero-order valence-corrected chi connectivity index (χ0v) is 11.6. The van der Waals surface area contributed by atoms with Gasteiger partial charge in [0.25, 0.3) is 0 Å². The van der Waals surface area contributed by atoms with Crippen LogP contribution < -0.4 is 16.4 Å². The van der Waals surface area contributed by atoms with Crippen LogP contribution in [0.3, 0.4) is 0 Å². The van der Waals surface area contributed by atoms with Gasteiger partial charge in [0.1, 0.15) is 0 Å². The lowest BCUT2D eigenvalue weighted by Gasteiger charge is -2.24. The highest BCUT2D eigenvalue weighted by atomic mass is 16.1. The number of nitrogens with two attached hydrogens (primary N) is 1. The van der Waals surface area contributed by atoms with Gasteiger partial charge in [0.15, 0.2) is 0 Å². The van der Waals surface area contributed by atoms with Crippen molar-refractivity contribution in [2.75, 3.05) is 16.4 Å². The van der Waals surface area contributed by atoms with Crippen molar-refractivity contribution in [2.24, 2.45) is 11.8 Å². The first-order valence-corrected chi connectivity index (χ1v) is 7.69. The number of nitrogen functional groups attached to an aromatic ring is 1. The van der Waals surface area contributed by atoms with Gasteiger partial charge in [0, 0.05) is 18.2 Å². The molecule has 1 heterocycles. The summed E-state index contributed by atoms with van der Waals surface area (Å²) in [6.07, 6.45) is 6.73. The van der Waals surface area contributed by atoms with Gasteiger partial charge in [-0.25, -0.2) is 0 Å². The van der Waals surface area contributed by atoms with E-state index in [4.69, 9.17) is 5.73 Å². The third-order valence-corrected chi connectivity index (χ3v) is 4.75.